The predicted octanol–water partition coefficient (Wildman–Crippen LogP) is 4.40. The highest BCUT2D eigenvalue weighted by Gasteiger charge is 2.36. The number of likely N-dealkylation sites (tertiary alicyclic amines) is 1. The predicted molar refractivity (Wildman–Crippen MR) is 128 cm³/mol. The van der Waals surface area contributed by atoms with Gasteiger partial charge in [0.2, 0.25) is 0 Å². The second-order valence-corrected chi connectivity index (χ2v) is 11.5. The van der Waals surface area contributed by atoms with E-state index in [-0.39, 0.29) is 5.54 Å². The molecule has 2 saturated heterocycles. The molecule has 0 saturated carbocycles. The molecule has 4 nitrogen and oxygen atoms in total. The lowest BCUT2D eigenvalue weighted by Crippen LogP contribution is -2.61. The number of nitrogens with zero attached hydrogens (tertiary/aromatic N) is 4. The van der Waals surface area contributed by atoms with Gasteiger partial charge in [-0.05, 0) is 86.5 Å². The summed E-state index contributed by atoms with van der Waals surface area (Å²) in [4.78, 5) is 10.7. The maximum atomic E-state index is 2.84. The molecule has 4 heteroatoms. The highest BCUT2D eigenvalue weighted by Crippen LogP contribution is 2.32. The van der Waals surface area contributed by atoms with E-state index in [4.69, 9.17) is 0 Å². The van der Waals surface area contributed by atoms with Crippen molar-refractivity contribution in [1.29, 1.82) is 0 Å². The average molecular weight is 409 g/mol. The molecule has 0 N–H and O–H groups in total. The van der Waals surface area contributed by atoms with E-state index in [9.17, 15) is 0 Å². The molecule has 2 fully saturated rings. The zero-order valence-corrected chi connectivity index (χ0v) is 21.1. The molecular formula is C25H52N4. The Kier molecular flexibility index (Phi) is 9.46. The molecule has 29 heavy (non-hydrogen) atoms. The standard InChI is InChI=1S/C25H52N4/c1-9-13-25(6,14-10-2)28-15-11-22(12-16-28)19-27-17-18-29(24(3,4)5)21-23(27)20-26(7)8/h22-23H,9-21H2,1-8H3/t23-/m1/s1. The Balaban J connectivity index is 1.92. The minimum absolute atomic E-state index is 0.283. The van der Waals surface area contributed by atoms with Gasteiger partial charge < -0.3 is 4.90 Å². The van der Waals surface area contributed by atoms with Crippen molar-refractivity contribution in [1.82, 2.24) is 19.6 Å². The maximum Gasteiger partial charge on any atom is 0.0351 e. The fourth-order valence-corrected chi connectivity index (χ4v) is 5.84. The van der Waals surface area contributed by atoms with Crippen LogP contribution >= 0.6 is 0 Å². The number of likely N-dealkylation sites (N-methyl/N-ethyl adjacent to an activating group) is 1. The summed E-state index contributed by atoms with van der Waals surface area (Å²) in [6.45, 7) is 23.1. The quantitative estimate of drug-likeness (QED) is 0.560. The van der Waals surface area contributed by atoms with Crippen molar-refractivity contribution in [2.24, 2.45) is 5.92 Å². The van der Waals surface area contributed by atoms with E-state index in [0.29, 0.717) is 11.6 Å². The van der Waals surface area contributed by atoms with E-state index in [1.807, 2.05) is 0 Å². The summed E-state index contributed by atoms with van der Waals surface area (Å²) in [5.74, 6) is 0.879. The van der Waals surface area contributed by atoms with Crippen LogP contribution in [0.3, 0.4) is 0 Å². The summed E-state index contributed by atoms with van der Waals surface area (Å²) in [5, 5.41) is 0. The highest BCUT2D eigenvalue weighted by atomic mass is 15.3. The molecule has 0 amide bonds. The molecule has 0 radical (unpaired) electrons. The van der Waals surface area contributed by atoms with Crippen LogP contribution in [0.1, 0.15) is 80.1 Å². The van der Waals surface area contributed by atoms with Crippen molar-refractivity contribution in [2.75, 3.05) is 59.9 Å². The Labute approximate surface area is 183 Å². The van der Waals surface area contributed by atoms with E-state index >= 15 is 0 Å². The monoisotopic (exact) mass is 408 g/mol. The number of hydrogen-bond acceptors (Lipinski definition) is 4. The summed E-state index contributed by atoms with van der Waals surface area (Å²) in [5.41, 5.74) is 0.714. The SMILES string of the molecule is CCCC(C)(CCC)N1CCC(CN2CCN(C(C)(C)C)C[C@H]2CN(C)C)CC1. The average Bonchev–Trinajstić information content (AvgIpc) is 2.63. The van der Waals surface area contributed by atoms with Crippen molar-refractivity contribution < 1.29 is 0 Å². The first-order chi connectivity index (χ1) is 13.6. The highest BCUT2D eigenvalue weighted by molar-refractivity contribution is 4.92. The van der Waals surface area contributed by atoms with Crippen molar-refractivity contribution >= 4 is 0 Å². The molecule has 0 spiro atoms. The fourth-order valence-electron chi connectivity index (χ4n) is 5.84. The molecule has 2 heterocycles. The summed E-state index contributed by atoms with van der Waals surface area (Å²) in [6.07, 6.45) is 8.09. The van der Waals surface area contributed by atoms with Crippen molar-refractivity contribution in [3.8, 4) is 0 Å². The first kappa shape index (κ1) is 25.1. The minimum Gasteiger partial charge on any atom is -0.308 e. The van der Waals surface area contributed by atoms with Crippen LogP contribution in [-0.4, -0.2) is 96.6 Å². The Morgan fingerprint density at radius 2 is 1.41 bits per heavy atom. The number of hydrogen-bond donors (Lipinski definition) is 0. The van der Waals surface area contributed by atoms with Crippen LogP contribution in [0.2, 0.25) is 0 Å². The van der Waals surface area contributed by atoms with Gasteiger partial charge in [-0.25, -0.2) is 0 Å². The van der Waals surface area contributed by atoms with Crippen molar-refractivity contribution in [3.05, 3.63) is 0 Å². The second kappa shape index (κ2) is 10.9. The molecule has 1 atom stereocenters. The van der Waals surface area contributed by atoms with Crippen LogP contribution in [0, 0.1) is 5.92 Å². The van der Waals surface area contributed by atoms with Crippen LogP contribution in [0.4, 0.5) is 0 Å². The molecule has 0 unspecified atom stereocenters. The molecule has 0 aromatic carbocycles. The summed E-state index contributed by atoms with van der Waals surface area (Å²) >= 11 is 0. The molecule has 2 rings (SSSR count). The molecule has 0 aromatic rings. The Morgan fingerprint density at radius 3 is 1.90 bits per heavy atom. The minimum atomic E-state index is 0.283. The normalized spacial score (nSPS) is 24.5. The Morgan fingerprint density at radius 1 is 0.828 bits per heavy atom. The van der Waals surface area contributed by atoms with Crippen molar-refractivity contribution in [3.63, 3.8) is 0 Å². The smallest absolute Gasteiger partial charge is 0.0351 e. The van der Waals surface area contributed by atoms with E-state index in [1.165, 1.54) is 84.3 Å². The topological polar surface area (TPSA) is 13.0 Å². The van der Waals surface area contributed by atoms with Gasteiger partial charge in [-0.2, -0.15) is 0 Å². The summed E-state index contributed by atoms with van der Waals surface area (Å²) < 4.78 is 0. The first-order valence-corrected chi connectivity index (χ1v) is 12.5. The third kappa shape index (κ3) is 7.19. The zero-order valence-electron chi connectivity index (χ0n) is 21.1. The van der Waals surface area contributed by atoms with E-state index in [1.54, 1.807) is 0 Å². The van der Waals surface area contributed by atoms with Crippen LogP contribution < -0.4 is 0 Å². The summed E-state index contributed by atoms with van der Waals surface area (Å²) in [6, 6.07) is 0.668. The lowest BCUT2D eigenvalue weighted by atomic mass is 9.85. The number of rotatable bonds is 9. The second-order valence-electron chi connectivity index (χ2n) is 11.5. The number of piperidine rings is 1. The maximum absolute atomic E-state index is 2.84. The molecule has 0 bridgehead atoms. The molecule has 0 aliphatic carbocycles. The van der Waals surface area contributed by atoms with Gasteiger partial charge in [-0.15, -0.1) is 0 Å². The molecular weight excluding hydrogens is 356 g/mol. The third-order valence-electron chi connectivity index (χ3n) is 7.58. The zero-order chi connectivity index (χ0) is 21.7. The lowest BCUT2D eigenvalue weighted by Gasteiger charge is -2.49. The van der Waals surface area contributed by atoms with E-state index in [0.717, 1.165) is 5.92 Å². The fraction of sp³-hybridized carbons (Fsp3) is 1.00. The molecule has 2 aliphatic rings. The van der Waals surface area contributed by atoms with E-state index < -0.39 is 0 Å². The van der Waals surface area contributed by atoms with Crippen LogP contribution in [0.15, 0.2) is 0 Å². The van der Waals surface area contributed by atoms with Crippen LogP contribution in [-0.2, 0) is 0 Å². The van der Waals surface area contributed by atoms with Gasteiger partial charge in [0.25, 0.3) is 0 Å². The summed E-state index contributed by atoms with van der Waals surface area (Å²) in [7, 11) is 4.46. The van der Waals surface area contributed by atoms with Gasteiger partial charge in [0.05, 0.1) is 0 Å². The molecule has 2 aliphatic heterocycles. The van der Waals surface area contributed by atoms with Crippen LogP contribution in [0.25, 0.3) is 0 Å². The van der Waals surface area contributed by atoms with Gasteiger partial charge >= 0.3 is 0 Å². The van der Waals surface area contributed by atoms with Gasteiger partial charge in [0, 0.05) is 49.8 Å². The number of piperazine rings is 1. The van der Waals surface area contributed by atoms with Gasteiger partial charge in [0.1, 0.15) is 0 Å². The van der Waals surface area contributed by atoms with Gasteiger partial charge in [-0.1, -0.05) is 26.7 Å². The van der Waals surface area contributed by atoms with Crippen LogP contribution in [0.5, 0.6) is 0 Å². The third-order valence-corrected chi connectivity index (χ3v) is 7.58. The largest absolute Gasteiger partial charge is 0.308 e. The van der Waals surface area contributed by atoms with Gasteiger partial charge in [0.15, 0.2) is 0 Å². The lowest BCUT2D eigenvalue weighted by molar-refractivity contribution is -0.00712. The Hall–Kier alpha value is -0.160. The molecule has 0 aromatic heterocycles. The molecule has 172 valence electrons. The van der Waals surface area contributed by atoms with Gasteiger partial charge in [-0.3, -0.25) is 14.7 Å². The Bertz CT molecular complexity index is 456. The first-order valence-electron chi connectivity index (χ1n) is 12.5. The van der Waals surface area contributed by atoms with E-state index in [2.05, 4.69) is 75.2 Å². The van der Waals surface area contributed by atoms with Crippen molar-refractivity contribution in [2.45, 2.75) is 97.2 Å².